The first-order valence-corrected chi connectivity index (χ1v) is 11.3. The van der Waals surface area contributed by atoms with Crippen LogP contribution in [0.4, 0.5) is 5.69 Å². The van der Waals surface area contributed by atoms with Gasteiger partial charge in [-0.15, -0.1) is 0 Å². The van der Waals surface area contributed by atoms with Gasteiger partial charge < -0.3 is 29.0 Å². The lowest BCUT2D eigenvalue weighted by atomic mass is 10.1. The molecule has 2 aromatic heterocycles. The third-order valence-electron chi connectivity index (χ3n) is 6.51. The highest BCUT2D eigenvalue weighted by atomic mass is 16.5. The maximum Gasteiger partial charge on any atom is 0.335 e. The Morgan fingerprint density at radius 3 is 2.76 bits per heavy atom. The Balaban J connectivity index is 1.77. The van der Waals surface area contributed by atoms with E-state index in [-0.39, 0.29) is 18.2 Å². The number of carbonyl (C=O) groups is 1. The van der Waals surface area contributed by atoms with Gasteiger partial charge in [0, 0.05) is 37.7 Å². The maximum absolute atomic E-state index is 11.6. The molecule has 0 aliphatic carbocycles. The van der Waals surface area contributed by atoms with E-state index in [9.17, 15) is 15.0 Å². The van der Waals surface area contributed by atoms with Crippen molar-refractivity contribution in [2.75, 3.05) is 31.7 Å². The summed E-state index contributed by atoms with van der Waals surface area (Å²) in [4.78, 5) is 18.9. The second kappa shape index (κ2) is 8.12. The van der Waals surface area contributed by atoms with Gasteiger partial charge in [-0.2, -0.15) is 0 Å². The second-order valence-corrected chi connectivity index (χ2v) is 8.52. The molecule has 0 fully saturated rings. The highest BCUT2D eigenvalue weighted by molar-refractivity contribution is 5.99. The van der Waals surface area contributed by atoms with Gasteiger partial charge in [-0.3, -0.25) is 0 Å². The number of aromatic nitrogens is 3. The number of fused-ring (bicyclic) bond motifs is 1. The van der Waals surface area contributed by atoms with Crippen LogP contribution in [0.15, 0.2) is 36.4 Å². The first-order chi connectivity index (χ1) is 16.0. The first kappa shape index (κ1) is 21.3. The lowest BCUT2D eigenvalue weighted by Gasteiger charge is -2.35. The van der Waals surface area contributed by atoms with Crippen LogP contribution in [0.3, 0.4) is 0 Å². The lowest BCUT2D eigenvalue weighted by molar-refractivity contribution is 0.0696. The molecule has 8 nitrogen and oxygen atoms in total. The molecule has 1 aliphatic heterocycles. The molecule has 2 N–H and O–H groups in total. The van der Waals surface area contributed by atoms with Crippen molar-refractivity contribution in [3.8, 4) is 17.3 Å². The third kappa shape index (κ3) is 3.24. The molecule has 3 heterocycles. The van der Waals surface area contributed by atoms with E-state index in [1.54, 1.807) is 19.2 Å². The number of anilines is 1. The van der Waals surface area contributed by atoms with Crippen molar-refractivity contribution in [3.05, 3.63) is 42.0 Å². The van der Waals surface area contributed by atoms with Gasteiger partial charge in [0.15, 0.2) is 5.82 Å². The Labute approximate surface area is 191 Å². The molecule has 1 unspecified atom stereocenters. The highest BCUT2D eigenvalue weighted by Gasteiger charge is 2.29. The molecule has 0 spiro atoms. The molecular formula is C25H28N4O4. The summed E-state index contributed by atoms with van der Waals surface area (Å²) in [5.41, 5.74) is 4.89. The van der Waals surface area contributed by atoms with Crippen LogP contribution in [0.2, 0.25) is 0 Å². The third-order valence-corrected chi connectivity index (χ3v) is 6.51. The molecule has 5 rings (SSSR count). The number of hydrogen-bond acceptors (Lipinski definition) is 5. The van der Waals surface area contributed by atoms with Crippen LogP contribution in [0.1, 0.15) is 36.7 Å². The number of imidazole rings is 1. The molecule has 8 heteroatoms. The number of benzene rings is 2. The minimum absolute atomic E-state index is 0.156. The van der Waals surface area contributed by atoms with Crippen LogP contribution in [0, 0.1) is 0 Å². The minimum Gasteiger partial charge on any atom is -0.494 e. The summed E-state index contributed by atoms with van der Waals surface area (Å²) < 4.78 is 10.0. The van der Waals surface area contributed by atoms with Crippen molar-refractivity contribution < 1.29 is 19.7 Å². The van der Waals surface area contributed by atoms with Gasteiger partial charge in [-0.25, -0.2) is 9.78 Å². The van der Waals surface area contributed by atoms with E-state index in [4.69, 9.17) is 9.72 Å². The molecule has 1 aliphatic rings. The lowest BCUT2D eigenvalue weighted by Crippen LogP contribution is -2.35. The average Bonchev–Trinajstić information content (AvgIpc) is 3.38. The number of aliphatic hydroxyl groups excluding tert-OH is 1. The normalized spacial score (nSPS) is 15.5. The Kier molecular flexibility index (Phi) is 5.25. The van der Waals surface area contributed by atoms with Gasteiger partial charge >= 0.3 is 5.97 Å². The summed E-state index contributed by atoms with van der Waals surface area (Å²) >= 11 is 0. The number of ether oxygens (including phenoxy) is 1. The SMILES string of the molecule is CCn1c(-c2cc3cccc4c3n2C(C)CN4CCCO)nc2cc(C(=O)O)cc(OC)c21. The van der Waals surface area contributed by atoms with E-state index in [1.807, 2.05) is 0 Å². The fraction of sp³-hybridized carbons (Fsp3) is 0.360. The summed E-state index contributed by atoms with van der Waals surface area (Å²) in [6, 6.07) is 11.9. The molecule has 0 amide bonds. The zero-order valence-corrected chi connectivity index (χ0v) is 19.1. The largest absolute Gasteiger partial charge is 0.494 e. The Hall–Kier alpha value is -3.52. The Morgan fingerprint density at radius 2 is 2.06 bits per heavy atom. The number of carboxylic acids is 1. The van der Waals surface area contributed by atoms with E-state index >= 15 is 0 Å². The summed E-state index contributed by atoms with van der Waals surface area (Å²) in [5.74, 6) is 0.294. The molecule has 4 aromatic rings. The predicted octanol–water partition coefficient (Wildman–Crippen LogP) is 4.15. The van der Waals surface area contributed by atoms with Gasteiger partial charge in [-0.05, 0) is 44.5 Å². The average molecular weight is 449 g/mol. The predicted molar refractivity (Wildman–Crippen MR) is 128 cm³/mol. The summed E-state index contributed by atoms with van der Waals surface area (Å²) in [6.45, 7) is 6.75. The second-order valence-electron chi connectivity index (χ2n) is 8.52. The Bertz CT molecular complexity index is 1370. The quantitative estimate of drug-likeness (QED) is 0.441. The van der Waals surface area contributed by atoms with Gasteiger partial charge in [0.25, 0.3) is 0 Å². The number of aryl methyl sites for hydroxylation is 1. The Morgan fingerprint density at radius 1 is 1.24 bits per heavy atom. The molecule has 2 aromatic carbocycles. The number of aromatic carboxylic acids is 1. The molecular weight excluding hydrogens is 420 g/mol. The number of carboxylic acid groups (broad SMARTS) is 1. The van der Waals surface area contributed by atoms with E-state index in [1.165, 1.54) is 0 Å². The standard InChI is InChI=1S/C25H28N4O4/c1-4-28-23-18(11-17(25(31)32)13-21(23)33-3)26-24(28)20-12-16-7-5-8-19-22(16)29(20)15(2)14-27(19)9-6-10-30/h5,7-8,11-13,15,30H,4,6,9-10,14H2,1-3H3,(H,31,32). The van der Waals surface area contributed by atoms with Crippen LogP contribution >= 0.6 is 0 Å². The molecule has 33 heavy (non-hydrogen) atoms. The van der Waals surface area contributed by atoms with Crippen molar-refractivity contribution in [2.24, 2.45) is 0 Å². The van der Waals surface area contributed by atoms with Crippen LogP contribution in [-0.2, 0) is 6.54 Å². The zero-order valence-electron chi connectivity index (χ0n) is 19.1. The van der Waals surface area contributed by atoms with E-state index < -0.39 is 5.97 Å². The minimum atomic E-state index is -1.01. The summed E-state index contributed by atoms with van der Waals surface area (Å²) in [5, 5.41) is 20.0. The van der Waals surface area contributed by atoms with Gasteiger partial charge in [-0.1, -0.05) is 12.1 Å². The molecule has 172 valence electrons. The molecule has 0 radical (unpaired) electrons. The number of nitrogens with zero attached hydrogens (tertiary/aromatic N) is 4. The molecule has 1 atom stereocenters. The van der Waals surface area contributed by atoms with Gasteiger partial charge in [0.2, 0.25) is 0 Å². The van der Waals surface area contributed by atoms with Gasteiger partial charge in [0.05, 0.1) is 35.1 Å². The van der Waals surface area contributed by atoms with Crippen LogP contribution in [0.5, 0.6) is 5.75 Å². The van der Waals surface area contributed by atoms with Crippen LogP contribution in [-0.4, -0.2) is 57.1 Å². The molecule has 0 saturated carbocycles. The number of para-hydroxylation sites is 1. The maximum atomic E-state index is 11.6. The number of rotatable bonds is 7. The summed E-state index contributed by atoms with van der Waals surface area (Å²) in [6.07, 6.45) is 0.730. The van der Waals surface area contributed by atoms with Crippen LogP contribution < -0.4 is 9.64 Å². The molecule has 0 saturated heterocycles. The van der Waals surface area contributed by atoms with Crippen molar-refractivity contribution >= 4 is 33.6 Å². The van der Waals surface area contributed by atoms with Crippen molar-refractivity contribution in [1.82, 2.24) is 14.1 Å². The number of aliphatic hydroxyl groups is 1. The number of methoxy groups -OCH3 is 1. The first-order valence-electron chi connectivity index (χ1n) is 11.3. The fourth-order valence-corrected chi connectivity index (χ4v) is 5.13. The molecule has 0 bridgehead atoms. The number of hydrogen-bond donors (Lipinski definition) is 2. The van der Waals surface area contributed by atoms with Crippen LogP contribution in [0.25, 0.3) is 33.5 Å². The summed E-state index contributed by atoms with van der Waals surface area (Å²) in [7, 11) is 1.55. The van der Waals surface area contributed by atoms with E-state index in [0.717, 1.165) is 53.1 Å². The van der Waals surface area contributed by atoms with E-state index in [0.29, 0.717) is 17.8 Å². The van der Waals surface area contributed by atoms with Gasteiger partial charge in [0.1, 0.15) is 11.3 Å². The van der Waals surface area contributed by atoms with Crippen molar-refractivity contribution in [1.29, 1.82) is 0 Å². The monoisotopic (exact) mass is 448 g/mol. The van der Waals surface area contributed by atoms with Crippen molar-refractivity contribution in [2.45, 2.75) is 32.9 Å². The van der Waals surface area contributed by atoms with Crippen molar-refractivity contribution in [3.63, 3.8) is 0 Å². The smallest absolute Gasteiger partial charge is 0.335 e. The van der Waals surface area contributed by atoms with E-state index in [2.05, 4.69) is 52.1 Å². The fourth-order valence-electron chi connectivity index (χ4n) is 5.13. The highest BCUT2D eigenvalue weighted by Crippen LogP contribution is 2.41. The zero-order chi connectivity index (χ0) is 23.3. The topological polar surface area (TPSA) is 92.8 Å².